The molecule has 4 nitrogen and oxygen atoms in total. The van der Waals surface area contributed by atoms with Crippen molar-refractivity contribution in [2.75, 3.05) is 0 Å². The minimum Gasteiger partial charge on any atom is -0.508 e. The van der Waals surface area contributed by atoms with E-state index in [4.69, 9.17) is 4.74 Å². The summed E-state index contributed by atoms with van der Waals surface area (Å²) in [5.41, 5.74) is 2.37. The fourth-order valence-corrected chi connectivity index (χ4v) is 2.91. The molecule has 24 heavy (non-hydrogen) atoms. The standard InChI is InChI=1S/C19H16O4S/c20-16-8-6-15(7-9-16)18-12-17(10-11-19(18)24(21)22)23-13-14-4-2-1-3-5-14/h1-12,20H,13H2,(H,21,22). The summed E-state index contributed by atoms with van der Waals surface area (Å²) in [5, 5.41) is 9.41. The van der Waals surface area contributed by atoms with Crippen LogP contribution in [-0.2, 0) is 17.7 Å². The van der Waals surface area contributed by atoms with E-state index < -0.39 is 11.1 Å². The molecule has 0 saturated carbocycles. The first kappa shape index (κ1) is 16.2. The predicted molar refractivity (Wildman–Crippen MR) is 93.4 cm³/mol. The van der Waals surface area contributed by atoms with Crippen molar-refractivity contribution in [1.29, 1.82) is 0 Å². The Labute approximate surface area is 142 Å². The van der Waals surface area contributed by atoms with E-state index in [0.29, 0.717) is 22.8 Å². The molecular weight excluding hydrogens is 324 g/mol. The maximum absolute atomic E-state index is 11.6. The van der Waals surface area contributed by atoms with Crippen molar-refractivity contribution in [2.45, 2.75) is 11.5 Å². The van der Waals surface area contributed by atoms with Gasteiger partial charge in [0.25, 0.3) is 0 Å². The molecule has 0 fully saturated rings. The second-order valence-electron chi connectivity index (χ2n) is 5.23. The zero-order valence-corrected chi connectivity index (χ0v) is 13.6. The third-order valence-electron chi connectivity index (χ3n) is 3.57. The number of phenols is 1. The van der Waals surface area contributed by atoms with Gasteiger partial charge in [0.05, 0.1) is 4.90 Å². The molecule has 0 radical (unpaired) electrons. The summed E-state index contributed by atoms with van der Waals surface area (Å²) >= 11 is -2.11. The van der Waals surface area contributed by atoms with Gasteiger partial charge in [-0.25, -0.2) is 4.21 Å². The topological polar surface area (TPSA) is 66.8 Å². The molecule has 0 spiro atoms. The van der Waals surface area contributed by atoms with Gasteiger partial charge in [0, 0.05) is 5.56 Å². The number of ether oxygens (including phenoxy) is 1. The normalized spacial score (nSPS) is 11.9. The van der Waals surface area contributed by atoms with E-state index in [1.165, 1.54) is 12.1 Å². The van der Waals surface area contributed by atoms with Crippen LogP contribution in [0, 0.1) is 0 Å². The SMILES string of the molecule is O=S(O)c1ccc(OCc2ccccc2)cc1-c1ccc(O)cc1. The summed E-state index contributed by atoms with van der Waals surface area (Å²) in [7, 11) is 0. The van der Waals surface area contributed by atoms with E-state index in [2.05, 4.69) is 0 Å². The summed E-state index contributed by atoms with van der Waals surface area (Å²) in [4.78, 5) is 0.299. The molecule has 0 heterocycles. The lowest BCUT2D eigenvalue weighted by molar-refractivity contribution is 0.306. The molecule has 0 amide bonds. The lowest BCUT2D eigenvalue weighted by atomic mass is 10.1. The van der Waals surface area contributed by atoms with Crippen molar-refractivity contribution in [2.24, 2.45) is 0 Å². The second-order valence-corrected chi connectivity index (χ2v) is 6.17. The summed E-state index contributed by atoms with van der Waals surface area (Å²) < 4.78 is 26.9. The molecule has 2 N–H and O–H groups in total. The lowest BCUT2D eigenvalue weighted by Gasteiger charge is -2.11. The third-order valence-corrected chi connectivity index (χ3v) is 4.30. The molecule has 0 aromatic heterocycles. The summed E-state index contributed by atoms with van der Waals surface area (Å²) in [6, 6.07) is 21.2. The molecule has 0 bridgehead atoms. The highest BCUT2D eigenvalue weighted by Crippen LogP contribution is 2.31. The molecule has 3 rings (SSSR count). The minimum absolute atomic E-state index is 0.141. The maximum atomic E-state index is 11.6. The van der Waals surface area contributed by atoms with Gasteiger partial charge in [-0.1, -0.05) is 42.5 Å². The van der Waals surface area contributed by atoms with Crippen LogP contribution in [0.25, 0.3) is 11.1 Å². The Hall–Kier alpha value is -2.63. The Morgan fingerprint density at radius 1 is 0.917 bits per heavy atom. The number of benzene rings is 3. The van der Waals surface area contributed by atoms with Crippen LogP contribution in [0.15, 0.2) is 77.7 Å². The highest BCUT2D eigenvalue weighted by atomic mass is 32.2. The molecule has 3 aromatic rings. The summed E-state index contributed by atoms with van der Waals surface area (Å²) in [6.07, 6.45) is 0. The first-order chi connectivity index (χ1) is 11.6. The van der Waals surface area contributed by atoms with Gasteiger partial charge in [-0.2, -0.15) is 0 Å². The number of aromatic hydroxyl groups is 1. The zero-order chi connectivity index (χ0) is 16.9. The van der Waals surface area contributed by atoms with Crippen LogP contribution in [0.4, 0.5) is 0 Å². The Morgan fingerprint density at radius 3 is 2.29 bits per heavy atom. The van der Waals surface area contributed by atoms with Crippen LogP contribution in [0.1, 0.15) is 5.56 Å². The van der Waals surface area contributed by atoms with E-state index >= 15 is 0 Å². The van der Waals surface area contributed by atoms with E-state index in [0.717, 1.165) is 11.1 Å². The molecule has 0 aliphatic heterocycles. The Morgan fingerprint density at radius 2 is 1.62 bits per heavy atom. The number of hydrogen-bond donors (Lipinski definition) is 2. The van der Waals surface area contributed by atoms with E-state index in [-0.39, 0.29) is 5.75 Å². The molecule has 0 saturated heterocycles. The average Bonchev–Trinajstić information content (AvgIpc) is 2.61. The molecule has 122 valence electrons. The van der Waals surface area contributed by atoms with E-state index in [1.807, 2.05) is 30.3 Å². The second kappa shape index (κ2) is 7.29. The maximum Gasteiger partial charge on any atom is 0.187 e. The van der Waals surface area contributed by atoms with Gasteiger partial charge in [0.2, 0.25) is 0 Å². The van der Waals surface area contributed by atoms with Gasteiger partial charge >= 0.3 is 0 Å². The van der Waals surface area contributed by atoms with Crippen LogP contribution in [0.3, 0.4) is 0 Å². The Bertz CT molecular complexity index is 845. The first-order valence-corrected chi connectivity index (χ1v) is 8.45. The van der Waals surface area contributed by atoms with Gasteiger partial charge in [-0.15, -0.1) is 0 Å². The Kier molecular flexibility index (Phi) is 4.93. The van der Waals surface area contributed by atoms with Crippen LogP contribution >= 0.6 is 0 Å². The highest BCUT2D eigenvalue weighted by molar-refractivity contribution is 7.79. The van der Waals surface area contributed by atoms with Gasteiger partial charge in [0.15, 0.2) is 11.1 Å². The van der Waals surface area contributed by atoms with Gasteiger partial charge < -0.3 is 14.4 Å². The molecule has 5 heteroatoms. The lowest BCUT2D eigenvalue weighted by Crippen LogP contribution is -1.98. The summed E-state index contributed by atoms with van der Waals surface area (Å²) in [5.74, 6) is 0.748. The first-order valence-electron chi connectivity index (χ1n) is 7.34. The van der Waals surface area contributed by atoms with Crippen LogP contribution in [0.5, 0.6) is 11.5 Å². The van der Waals surface area contributed by atoms with Crippen molar-refractivity contribution >= 4 is 11.1 Å². The molecule has 3 aromatic carbocycles. The fraction of sp³-hybridized carbons (Fsp3) is 0.0526. The zero-order valence-electron chi connectivity index (χ0n) is 12.8. The van der Waals surface area contributed by atoms with Gasteiger partial charge in [-0.3, -0.25) is 0 Å². The van der Waals surface area contributed by atoms with Crippen molar-refractivity contribution < 1.29 is 18.6 Å². The van der Waals surface area contributed by atoms with Crippen LogP contribution in [-0.4, -0.2) is 13.9 Å². The van der Waals surface area contributed by atoms with Gasteiger partial charge in [0.1, 0.15) is 18.1 Å². The number of rotatable bonds is 5. The number of phenolic OH excluding ortho intramolecular Hbond substituents is 1. The average molecular weight is 340 g/mol. The Balaban J connectivity index is 1.91. The van der Waals surface area contributed by atoms with Crippen molar-refractivity contribution in [3.63, 3.8) is 0 Å². The highest BCUT2D eigenvalue weighted by Gasteiger charge is 2.12. The fourth-order valence-electron chi connectivity index (χ4n) is 2.36. The largest absolute Gasteiger partial charge is 0.508 e. The third kappa shape index (κ3) is 3.82. The molecule has 0 aliphatic carbocycles. The quantitative estimate of drug-likeness (QED) is 0.683. The number of hydrogen-bond acceptors (Lipinski definition) is 3. The van der Waals surface area contributed by atoms with E-state index in [1.54, 1.807) is 30.3 Å². The van der Waals surface area contributed by atoms with Gasteiger partial charge in [-0.05, 0) is 41.5 Å². The van der Waals surface area contributed by atoms with Crippen molar-refractivity contribution in [3.8, 4) is 22.6 Å². The molecular formula is C19H16O4S. The molecule has 1 atom stereocenters. The van der Waals surface area contributed by atoms with Crippen molar-refractivity contribution in [3.05, 3.63) is 78.4 Å². The summed E-state index contributed by atoms with van der Waals surface area (Å²) in [6.45, 7) is 0.414. The van der Waals surface area contributed by atoms with E-state index in [9.17, 15) is 13.9 Å². The molecule has 1 unspecified atom stereocenters. The van der Waals surface area contributed by atoms with Crippen LogP contribution in [0.2, 0.25) is 0 Å². The molecule has 0 aliphatic rings. The van der Waals surface area contributed by atoms with Crippen LogP contribution < -0.4 is 4.74 Å². The predicted octanol–water partition coefficient (Wildman–Crippen LogP) is 4.22. The minimum atomic E-state index is -2.11. The monoisotopic (exact) mass is 340 g/mol. The smallest absolute Gasteiger partial charge is 0.187 e. The van der Waals surface area contributed by atoms with Crippen molar-refractivity contribution in [1.82, 2.24) is 0 Å².